The molecular weight excluding hydrogens is 398 g/mol. The number of carbonyl (C=O) groups is 1. The van der Waals surface area contributed by atoms with Crippen molar-refractivity contribution in [3.63, 3.8) is 0 Å². The molecule has 0 radical (unpaired) electrons. The molecular formula is C21H14F2N2OS2. The first-order valence-corrected chi connectivity index (χ1v) is 10.1. The molecule has 0 unspecified atom stereocenters. The van der Waals surface area contributed by atoms with E-state index < -0.39 is 5.82 Å². The van der Waals surface area contributed by atoms with E-state index in [0.29, 0.717) is 5.01 Å². The van der Waals surface area contributed by atoms with Crippen LogP contribution >= 0.6 is 22.7 Å². The van der Waals surface area contributed by atoms with Gasteiger partial charge in [-0.2, -0.15) is 0 Å². The van der Waals surface area contributed by atoms with Crippen LogP contribution in [0.2, 0.25) is 0 Å². The van der Waals surface area contributed by atoms with E-state index in [0.717, 1.165) is 15.3 Å². The SMILES string of the molecule is O=C(c1nccs1)N(Cc1ccc(-c2ccc(F)cc2)s1)c1ccccc1F. The van der Waals surface area contributed by atoms with Crippen molar-refractivity contribution in [3.05, 3.63) is 93.8 Å². The summed E-state index contributed by atoms with van der Waals surface area (Å²) in [6.07, 6.45) is 1.55. The van der Waals surface area contributed by atoms with Gasteiger partial charge in [0.05, 0.1) is 12.2 Å². The number of hydrogen-bond acceptors (Lipinski definition) is 4. The Morgan fingerprint density at radius 3 is 2.50 bits per heavy atom. The Morgan fingerprint density at radius 2 is 1.79 bits per heavy atom. The zero-order valence-corrected chi connectivity index (χ0v) is 16.1. The van der Waals surface area contributed by atoms with Crippen molar-refractivity contribution in [2.45, 2.75) is 6.54 Å². The molecule has 3 nitrogen and oxygen atoms in total. The number of carbonyl (C=O) groups excluding carboxylic acids is 1. The van der Waals surface area contributed by atoms with Crippen LogP contribution in [-0.4, -0.2) is 10.9 Å². The van der Waals surface area contributed by atoms with Gasteiger partial charge in [0.1, 0.15) is 11.6 Å². The topological polar surface area (TPSA) is 33.2 Å². The Balaban J connectivity index is 1.66. The summed E-state index contributed by atoms with van der Waals surface area (Å²) >= 11 is 2.70. The summed E-state index contributed by atoms with van der Waals surface area (Å²) in [5, 5.41) is 2.02. The molecule has 1 amide bonds. The molecule has 0 aliphatic rings. The van der Waals surface area contributed by atoms with Gasteiger partial charge >= 0.3 is 0 Å². The van der Waals surface area contributed by atoms with Gasteiger partial charge in [0.2, 0.25) is 0 Å². The van der Waals surface area contributed by atoms with Crippen LogP contribution in [0.4, 0.5) is 14.5 Å². The molecule has 2 aromatic carbocycles. The lowest BCUT2D eigenvalue weighted by molar-refractivity contribution is 0.0984. The Morgan fingerprint density at radius 1 is 1.00 bits per heavy atom. The van der Waals surface area contributed by atoms with Gasteiger partial charge in [-0.15, -0.1) is 22.7 Å². The second-order valence-electron chi connectivity index (χ2n) is 5.95. The van der Waals surface area contributed by atoms with Gasteiger partial charge < -0.3 is 0 Å². The number of benzene rings is 2. The summed E-state index contributed by atoms with van der Waals surface area (Å²) in [4.78, 5) is 20.2. The summed E-state index contributed by atoms with van der Waals surface area (Å²) in [5.41, 5.74) is 1.10. The Labute approximate surface area is 168 Å². The molecule has 140 valence electrons. The molecule has 0 spiro atoms. The largest absolute Gasteiger partial charge is 0.298 e. The lowest BCUT2D eigenvalue weighted by atomic mass is 10.2. The average Bonchev–Trinajstić information content (AvgIpc) is 3.39. The second-order valence-corrected chi connectivity index (χ2v) is 8.02. The number of nitrogens with zero attached hydrogens (tertiary/aromatic N) is 2. The Bertz CT molecular complexity index is 1090. The standard InChI is InChI=1S/C21H14F2N2OS2/c22-15-7-5-14(6-8-15)19-10-9-16(28-19)13-25(18-4-2-1-3-17(18)23)21(26)20-24-11-12-27-20/h1-12H,13H2. The maximum Gasteiger partial charge on any atom is 0.287 e. The zero-order valence-electron chi connectivity index (χ0n) is 14.5. The van der Waals surface area contributed by atoms with Crippen LogP contribution in [0.15, 0.2) is 72.2 Å². The van der Waals surface area contributed by atoms with Crippen LogP contribution in [0.5, 0.6) is 0 Å². The molecule has 2 heterocycles. The molecule has 4 rings (SSSR count). The van der Waals surface area contributed by atoms with Crippen molar-refractivity contribution in [3.8, 4) is 10.4 Å². The zero-order chi connectivity index (χ0) is 19.5. The third-order valence-corrected chi connectivity index (χ3v) is 5.99. The number of aromatic nitrogens is 1. The third kappa shape index (κ3) is 3.85. The quantitative estimate of drug-likeness (QED) is 0.403. The number of para-hydroxylation sites is 1. The smallest absolute Gasteiger partial charge is 0.287 e. The molecule has 0 saturated heterocycles. The number of hydrogen-bond donors (Lipinski definition) is 0. The molecule has 2 aromatic heterocycles. The minimum atomic E-state index is -0.470. The first-order chi connectivity index (χ1) is 13.6. The molecule has 0 N–H and O–H groups in total. The van der Waals surface area contributed by atoms with E-state index >= 15 is 0 Å². The summed E-state index contributed by atoms with van der Waals surface area (Å²) in [7, 11) is 0. The summed E-state index contributed by atoms with van der Waals surface area (Å²) < 4.78 is 27.6. The highest BCUT2D eigenvalue weighted by Crippen LogP contribution is 2.31. The fraction of sp³-hybridized carbons (Fsp3) is 0.0476. The van der Waals surface area contributed by atoms with Crippen molar-refractivity contribution >= 4 is 34.3 Å². The van der Waals surface area contributed by atoms with Gasteiger partial charge in [0.25, 0.3) is 5.91 Å². The van der Waals surface area contributed by atoms with Crippen LogP contribution in [0.25, 0.3) is 10.4 Å². The van der Waals surface area contributed by atoms with Crippen LogP contribution in [0.1, 0.15) is 14.7 Å². The van der Waals surface area contributed by atoms with E-state index in [1.54, 1.807) is 41.9 Å². The molecule has 4 aromatic rings. The number of thiazole rings is 1. The fourth-order valence-corrected chi connectivity index (χ4v) is 4.36. The predicted octanol–water partition coefficient (Wildman–Crippen LogP) is 6.00. The molecule has 0 fully saturated rings. The van der Waals surface area contributed by atoms with Gasteiger partial charge in [-0.25, -0.2) is 13.8 Å². The van der Waals surface area contributed by atoms with E-state index in [1.165, 1.54) is 45.8 Å². The van der Waals surface area contributed by atoms with E-state index in [-0.39, 0.29) is 24.0 Å². The highest BCUT2D eigenvalue weighted by molar-refractivity contribution is 7.15. The lowest BCUT2D eigenvalue weighted by Gasteiger charge is -2.21. The molecule has 28 heavy (non-hydrogen) atoms. The lowest BCUT2D eigenvalue weighted by Crippen LogP contribution is -2.30. The third-order valence-electron chi connectivity index (χ3n) is 4.11. The summed E-state index contributed by atoms with van der Waals surface area (Å²) in [5.74, 6) is -1.11. The number of rotatable bonds is 5. The Kier molecular flexibility index (Phi) is 5.27. The van der Waals surface area contributed by atoms with Crippen molar-refractivity contribution in [1.82, 2.24) is 4.98 Å². The van der Waals surface area contributed by atoms with Crippen molar-refractivity contribution in [2.24, 2.45) is 0 Å². The van der Waals surface area contributed by atoms with E-state index in [2.05, 4.69) is 4.98 Å². The van der Waals surface area contributed by atoms with Gasteiger partial charge in [0, 0.05) is 21.3 Å². The maximum atomic E-state index is 14.4. The minimum Gasteiger partial charge on any atom is -0.298 e. The normalized spacial score (nSPS) is 10.8. The molecule has 0 atom stereocenters. The number of amides is 1. The molecule has 0 saturated carbocycles. The van der Waals surface area contributed by atoms with E-state index in [4.69, 9.17) is 0 Å². The van der Waals surface area contributed by atoms with Crippen molar-refractivity contribution in [2.75, 3.05) is 4.90 Å². The van der Waals surface area contributed by atoms with Crippen molar-refractivity contribution in [1.29, 1.82) is 0 Å². The monoisotopic (exact) mass is 412 g/mol. The van der Waals surface area contributed by atoms with E-state index in [1.807, 2.05) is 12.1 Å². The first kappa shape index (κ1) is 18.5. The first-order valence-electron chi connectivity index (χ1n) is 8.42. The molecule has 0 bridgehead atoms. The van der Waals surface area contributed by atoms with Gasteiger partial charge in [-0.3, -0.25) is 9.69 Å². The summed E-state index contributed by atoms with van der Waals surface area (Å²) in [6, 6.07) is 16.2. The highest BCUT2D eigenvalue weighted by atomic mass is 32.1. The van der Waals surface area contributed by atoms with Gasteiger partial charge in [-0.1, -0.05) is 24.3 Å². The van der Waals surface area contributed by atoms with Crippen LogP contribution in [0.3, 0.4) is 0 Å². The second kappa shape index (κ2) is 8.00. The summed E-state index contributed by atoms with van der Waals surface area (Å²) in [6.45, 7) is 0.214. The van der Waals surface area contributed by atoms with Gasteiger partial charge in [-0.05, 0) is 42.0 Å². The minimum absolute atomic E-state index is 0.208. The highest BCUT2D eigenvalue weighted by Gasteiger charge is 2.23. The Hall–Kier alpha value is -2.90. The van der Waals surface area contributed by atoms with Crippen LogP contribution in [-0.2, 0) is 6.54 Å². The number of anilines is 1. The van der Waals surface area contributed by atoms with Gasteiger partial charge in [0.15, 0.2) is 5.01 Å². The van der Waals surface area contributed by atoms with Crippen LogP contribution < -0.4 is 4.90 Å². The van der Waals surface area contributed by atoms with E-state index in [9.17, 15) is 13.6 Å². The average molecular weight is 412 g/mol. The maximum absolute atomic E-state index is 14.4. The fourth-order valence-electron chi connectivity index (χ4n) is 2.77. The predicted molar refractivity (Wildman–Crippen MR) is 109 cm³/mol. The molecule has 0 aliphatic carbocycles. The number of halogens is 2. The number of thiophene rings is 1. The van der Waals surface area contributed by atoms with Crippen LogP contribution in [0, 0.1) is 11.6 Å². The molecule has 0 aliphatic heterocycles. The van der Waals surface area contributed by atoms with Crippen molar-refractivity contribution < 1.29 is 13.6 Å². The molecule has 7 heteroatoms.